The van der Waals surface area contributed by atoms with Crippen LogP contribution in [0.15, 0.2) is 78.9 Å². The van der Waals surface area contributed by atoms with Crippen LogP contribution in [-0.4, -0.2) is 22.5 Å². The van der Waals surface area contributed by atoms with Crippen molar-refractivity contribution in [1.82, 2.24) is 0 Å². The van der Waals surface area contributed by atoms with Gasteiger partial charge in [0, 0.05) is 5.69 Å². The summed E-state index contributed by atoms with van der Waals surface area (Å²) in [6.07, 6.45) is 1.70. The number of benzene rings is 3. The summed E-state index contributed by atoms with van der Waals surface area (Å²) < 4.78 is 0. The molecular weight excluding hydrogens is 412 g/mol. The van der Waals surface area contributed by atoms with Gasteiger partial charge < -0.3 is 15.7 Å². The van der Waals surface area contributed by atoms with Gasteiger partial charge in [-0.2, -0.15) is 0 Å². The molecule has 170 valence electrons. The fourth-order valence-electron chi connectivity index (χ4n) is 4.71. The first-order chi connectivity index (χ1) is 15.9. The summed E-state index contributed by atoms with van der Waals surface area (Å²) in [7, 11) is 0. The Hall–Kier alpha value is -3.44. The molecule has 0 aromatic heterocycles. The van der Waals surface area contributed by atoms with Gasteiger partial charge in [0.1, 0.15) is 5.54 Å². The SMILES string of the molecule is Cc1ccc(CN2C(=O)[C@@](N)([C@H](CCc3ccccc3)C(=O)O)CCc3ccccc32)cc1. The monoisotopic (exact) mass is 442 g/mol. The number of rotatable bonds is 7. The van der Waals surface area contributed by atoms with Crippen LogP contribution in [0.25, 0.3) is 0 Å². The van der Waals surface area contributed by atoms with Gasteiger partial charge in [0.05, 0.1) is 12.5 Å². The molecule has 1 heterocycles. The summed E-state index contributed by atoms with van der Waals surface area (Å²) in [5, 5.41) is 10.2. The molecule has 0 saturated heterocycles. The van der Waals surface area contributed by atoms with E-state index in [0.29, 0.717) is 32.2 Å². The van der Waals surface area contributed by atoms with Crippen LogP contribution in [0.2, 0.25) is 0 Å². The zero-order valence-electron chi connectivity index (χ0n) is 18.9. The average Bonchev–Trinajstić information content (AvgIpc) is 2.92. The number of hydrogen-bond acceptors (Lipinski definition) is 3. The number of carboxylic acids is 1. The predicted octanol–water partition coefficient (Wildman–Crippen LogP) is 4.51. The first-order valence-corrected chi connectivity index (χ1v) is 11.4. The van der Waals surface area contributed by atoms with E-state index < -0.39 is 17.4 Å². The summed E-state index contributed by atoms with van der Waals surface area (Å²) in [4.78, 5) is 28.1. The molecule has 4 rings (SSSR count). The molecule has 0 fully saturated rings. The summed E-state index contributed by atoms with van der Waals surface area (Å²) in [5.74, 6) is -2.34. The molecule has 3 N–H and O–H groups in total. The molecule has 1 aliphatic rings. The number of fused-ring (bicyclic) bond motifs is 1. The first kappa shape index (κ1) is 22.7. The zero-order chi connectivity index (χ0) is 23.4. The normalized spacial score (nSPS) is 19.0. The van der Waals surface area contributed by atoms with Crippen LogP contribution < -0.4 is 10.6 Å². The van der Waals surface area contributed by atoms with Crippen LogP contribution in [0.4, 0.5) is 5.69 Å². The molecule has 0 spiro atoms. The molecule has 3 aromatic rings. The van der Waals surface area contributed by atoms with E-state index in [1.807, 2.05) is 85.8 Å². The van der Waals surface area contributed by atoms with Gasteiger partial charge in [0.15, 0.2) is 0 Å². The van der Waals surface area contributed by atoms with Gasteiger partial charge in [0.2, 0.25) is 5.91 Å². The third-order valence-electron chi connectivity index (χ3n) is 6.68. The number of para-hydroxylation sites is 1. The van der Waals surface area contributed by atoms with Crippen LogP contribution >= 0.6 is 0 Å². The number of carboxylic acid groups (broad SMARTS) is 1. The number of hydrogen-bond donors (Lipinski definition) is 2. The standard InChI is InChI=1S/C28H30N2O3/c1-20-11-13-22(14-12-20)19-30-25-10-6-5-9-23(25)17-18-28(29,27(30)33)24(26(31)32)16-15-21-7-3-2-4-8-21/h2-14,24H,15-19,29H2,1H3,(H,31,32)/t24-,28+/m1/s1. The Morgan fingerprint density at radius 1 is 1.00 bits per heavy atom. The van der Waals surface area contributed by atoms with Gasteiger partial charge in [0.25, 0.3) is 0 Å². The fourth-order valence-corrected chi connectivity index (χ4v) is 4.71. The van der Waals surface area contributed by atoms with E-state index in [9.17, 15) is 14.7 Å². The van der Waals surface area contributed by atoms with Crippen LogP contribution in [0.3, 0.4) is 0 Å². The summed E-state index contributed by atoms with van der Waals surface area (Å²) in [6.45, 7) is 2.37. The van der Waals surface area contributed by atoms with Crippen molar-refractivity contribution < 1.29 is 14.7 Å². The van der Waals surface area contributed by atoms with Crippen molar-refractivity contribution in [3.05, 3.63) is 101 Å². The lowest BCUT2D eigenvalue weighted by Crippen LogP contribution is -2.61. The van der Waals surface area contributed by atoms with Crippen LogP contribution in [0.5, 0.6) is 0 Å². The third-order valence-corrected chi connectivity index (χ3v) is 6.68. The van der Waals surface area contributed by atoms with Gasteiger partial charge in [-0.05, 0) is 55.4 Å². The molecule has 0 aliphatic carbocycles. The first-order valence-electron chi connectivity index (χ1n) is 11.4. The van der Waals surface area contributed by atoms with Crippen molar-refractivity contribution in [3.8, 4) is 0 Å². The van der Waals surface area contributed by atoms with Crippen LogP contribution in [-0.2, 0) is 29.0 Å². The highest BCUT2D eigenvalue weighted by molar-refractivity contribution is 6.03. The number of amides is 1. The molecule has 0 unspecified atom stereocenters. The van der Waals surface area contributed by atoms with E-state index in [2.05, 4.69) is 0 Å². The maximum Gasteiger partial charge on any atom is 0.308 e. The summed E-state index contributed by atoms with van der Waals surface area (Å²) >= 11 is 0. The molecule has 5 heteroatoms. The number of carbonyl (C=O) groups is 2. The fraction of sp³-hybridized carbons (Fsp3) is 0.286. The number of aryl methyl sites for hydroxylation is 3. The maximum atomic E-state index is 14.0. The molecule has 3 aromatic carbocycles. The smallest absolute Gasteiger partial charge is 0.308 e. The Balaban J connectivity index is 1.69. The lowest BCUT2D eigenvalue weighted by molar-refractivity contribution is -0.148. The lowest BCUT2D eigenvalue weighted by Gasteiger charge is -2.36. The Labute approximate surface area is 194 Å². The van der Waals surface area contributed by atoms with Crippen molar-refractivity contribution in [2.75, 3.05) is 4.90 Å². The van der Waals surface area contributed by atoms with Crippen molar-refractivity contribution in [3.63, 3.8) is 0 Å². The van der Waals surface area contributed by atoms with Crippen molar-refractivity contribution in [1.29, 1.82) is 0 Å². The van der Waals surface area contributed by atoms with Crippen LogP contribution in [0, 0.1) is 12.8 Å². The number of carbonyl (C=O) groups excluding carboxylic acids is 1. The zero-order valence-corrected chi connectivity index (χ0v) is 18.9. The van der Waals surface area contributed by atoms with E-state index in [1.165, 1.54) is 0 Å². The molecule has 5 nitrogen and oxygen atoms in total. The minimum absolute atomic E-state index is 0.291. The Kier molecular flexibility index (Phi) is 6.61. The molecular formula is C28H30N2O3. The minimum atomic E-state index is -1.50. The Morgan fingerprint density at radius 3 is 2.36 bits per heavy atom. The van der Waals surface area contributed by atoms with Crippen molar-refractivity contribution >= 4 is 17.6 Å². The van der Waals surface area contributed by atoms with Crippen molar-refractivity contribution in [2.24, 2.45) is 11.7 Å². The van der Waals surface area contributed by atoms with E-state index in [4.69, 9.17) is 5.73 Å². The summed E-state index contributed by atoms with van der Waals surface area (Å²) in [5.41, 5.74) is 10.3. The van der Waals surface area contributed by atoms with E-state index >= 15 is 0 Å². The maximum absolute atomic E-state index is 14.0. The Bertz CT molecular complexity index is 1130. The number of nitrogens with zero attached hydrogens (tertiary/aromatic N) is 1. The Morgan fingerprint density at radius 2 is 1.67 bits per heavy atom. The minimum Gasteiger partial charge on any atom is -0.481 e. The molecule has 0 radical (unpaired) electrons. The van der Waals surface area contributed by atoms with Crippen LogP contribution in [0.1, 0.15) is 35.1 Å². The second-order valence-corrected chi connectivity index (χ2v) is 8.96. The van der Waals surface area contributed by atoms with E-state index in [0.717, 1.165) is 27.9 Å². The van der Waals surface area contributed by atoms with Gasteiger partial charge in [-0.25, -0.2) is 0 Å². The van der Waals surface area contributed by atoms with Gasteiger partial charge in [-0.1, -0.05) is 78.4 Å². The second kappa shape index (κ2) is 9.59. The highest BCUT2D eigenvalue weighted by Gasteiger charge is 2.49. The van der Waals surface area contributed by atoms with Gasteiger partial charge >= 0.3 is 5.97 Å². The average molecular weight is 443 g/mol. The topological polar surface area (TPSA) is 83.6 Å². The number of nitrogens with two attached hydrogens (primary N) is 1. The second-order valence-electron chi connectivity index (χ2n) is 8.96. The highest BCUT2D eigenvalue weighted by Crippen LogP contribution is 2.36. The van der Waals surface area contributed by atoms with Crippen molar-refractivity contribution in [2.45, 2.75) is 44.7 Å². The van der Waals surface area contributed by atoms with E-state index in [-0.39, 0.29) is 5.91 Å². The predicted molar refractivity (Wildman–Crippen MR) is 130 cm³/mol. The largest absolute Gasteiger partial charge is 0.481 e. The molecule has 1 aliphatic heterocycles. The summed E-state index contributed by atoms with van der Waals surface area (Å²) in [6, 6.07) is 25.5. The number of aliphatic carboxylic acids is 1. The molecule has 33 heavy (non-hydrogen) atoms. The number of anilines is 1. The highest BCUT2D eigenvalue weighted by atomic mass is 16.4. The third kappa shape index (κ3) is 4.83. The van der Waals surface area contributed by atoms with E-state index in [1.54, 1.807) is 4.90 Å². The molecule has 2 atom stereocenters. The molecule has 0 bridgehead atoms. The quantitative estimate of drug-likeness (QED) is 0.564. The van der Waals surface area contributed by atoms with Gasteiger partial charge in [-0.15, -0.1) is 0 Å². The molecule has 0 saturated carbocycles. The van der Waals surface area contributed by atoms with Gasteiger partial charge in [-0.3, -0.25) is 9.59 Å². The molecule has 1 amide bonds. The lowest BCUT2D eigenvalue weighted by atomic mass is 9.76.